The average molecular weight is 277 g/mol. The zero-order valence-corrected chi connectivity index (χ0v) is 13.0. The zero-order chi connectivity index (χ0) is 14.4. The Hall–Kier alpha value is -1.22. The first kappa shape index (κ1) is 15.2. The smallest absolute Gasteiger partial charge is 0.165 e. The van der Waals surface area contributed by atoms with Crippen LogP contribution < -0.4 is 14.8 Å². The number of hydrogen-bond acceptors (Lipinski definition) is 3. The summed E-state index contributed by atoms with van der Waals surface area (Å²) in [6, 6.07) is 6.17. The van der Waals surface area contributed by atoms with Crippen molar-refractivity contribution in [2.45, 2.75) is 52.1 Å². The first-order valence-corrected chi connectivity index (χ1v) is 7.77. The molecule has 1 aromatic carbocycles. The second-order valence-electron chi connectivity index (χ2n) is 6.09. The molecule has 1 aliphatic heterocycles. The van der Waals surface area contributed by atoms with E-state index >= 15 is 0 Å². The Labute approximate surface area is 122 Å². The largest absolute Gasteiger partial charge is 0.488 e. The molecule has 0 aromatic heterocycles. The van der Waals surface area contributed by atoms with E-state index in [-0.39, 0.29) is 5.60 Å². The fraction of sp³-hybridized carbons (Fsp3) is 0.647. The normalized spacial score (nSPS) is 15.8. The minimum absolute atomic E-state index is 0.111. The van der Waals surface area contributed by atoms with E-state index in [2.05, 4.69) is 32.2 Å². The van der Waals surface area contributed by atoms with Crippen LogP contribution in [0.25, 0.3) is 0 Å². The molecular formula is C17H27NO2. The van der Waals surface area contributed by atoms with Gasteiger partial charge in [-0.3, -0.25) is 0 Å². The SMILES string of the molecule is CCCCCNCCOc1cccc2c1OC(C)(C)C2. The topological polar surface area (TPSA) is 30.5 Å². The molecule has 1 aliphatic rings. The first-order chi connectivity index (χ1) is 9.62. The maximum Gasteiger partial charge on any atom is 0.165 e. The van der Waals surface area contributed by atoms with Crippen molar-refractivity contribution in [2.24, 2.45) is 0 Å². The predicted octanol–water partition coefficient (Wildman–Crippen LogP) is 3.56. The Kier molecular flexibility index (Phi) is 5.30. The summed E-state index contributed by atoms with van der Waals surface area (Å²) in [5, 5.41) is 3.41. The van der Waals surface area contributed by atoms with E-state index in [1.807, 2.05) is 12.1 Å². The molecule has 0 atom stereocenters. The van der Waals surface area contributed by atoms with Crippen LogP contribution in [0.1, 0.15) is 45.6 Å². The van der Waals surface area contributed by atoms with Gasteiger partial charge in [-0.15, -0.1) is 0 Å². The quantitative estimate of drug-likeness (QED) is 0.737. The van der Waals surface area contributed by atoms with Gasteiger partial charge in [-0.05, 0) is 32.9 Å². The van der Waals surface area contributed by atoms with Crippen molar-refractivity contribution >= 4 is 0 Å². The standard InChI is InChI=1S/C17H27NO2/c1-4-5-6-10-18-11-12-19-15-9-7-8-14-13-17(2,3)20-16(14)15/h7-9,18H,4-6,10-13H2,1-3H3. The van der Waals surface area contributed by atoms with Crippen molar-refractivity contribution in [3.05, 3.63) is 23.8 Å². The number of fused-ring (bicyclic) bond motifs is 1. The third-order valence-corrected chi connectivity index (χ3v) is 3.55. The van der Waals surface area contributed by atoms with E-state index in [0.29, 0.717) is 6.61 Å². The van der Waals surface area contributed by atoms with Crippen molar-refractivity contribution in [3.8, 4) is 11.5 Å². The molecule has 0 radical (unpaired) electrons. The summed E-state index contributed by atoms with van der Waals surface area (Å²) in [6.07, 6.45) is 4.76. The van der Waals surface area contributed by atoms with Crippen LogP contribution in [0.5, 0.6) is 11.5 Å². The molecule has 3 heteroatoms. The van der Waals surface area contributed by atoms with Gasteiger partial charge in [-0.2, -0.15) is 0 Å². The summed E-state index contributed by atoms with van der Waals surface area (Å²) in [5.74, 6) is 1.81. The van der Waals surface area contributed by atoms with Gasteiger partial charge in [0.2, 0.25) is 0 Å². The summed E-state index contributed by atoms with van der Waals surface area (Å²) in [7, 11) is 0. The molecule has 0 saturated carbocycles. The number of ether oxygens (including phenoxy) is 2. The van der Waals surface area contributed by atoms with Crippen LogP contribution in [-0.4, -0.2) is 25.3 Å². The lowest BCUT2D eigenvalue weighted by Gasteiger charge is -2.18. The number of rotatable bonds is 8. The first-order valence-electron chi connectivity index (χ1n) is 7.77. The van der Waals surface area contributed by atoms with Gasteiger partial charge < -0.3 is 14.8 Å². The molecular weight excluding hydrogens is 250 g/mol. The third kappa shape index (κ3) is 4.14. The second-order valence-corrected chi connectivity index (χ2v) is 6.09. The van der Waals surface area contributed by atoms with Gasteiger partial charge in [0.15, 0.2) is 11.5 Å². The Bertz CT molecular complexity index is 429. The monoisotopic (exact) mass is 277 g/mol. The Morgan fingerprint density at radius 3 is 2.90 bits per heavy atom. The van der Waals surface area contributed by atoms with Crippen molar-refractivity contribution in [2.75, 3.05) is 19.7 Å². The molecule has 1 N–H and O–H groups in total. The molecule has 0 saturated heterocycles. The molecule has 0 fully saturated rings. The minimum Gasteiger partial charge on any atom is -0.488 e. The molecule has 0 spiro atoms. The molecule has 0 aliphatic carbocycles. The molecule has 1 heterocycles. The van der Waals surface area contributed by atoms with Crippen LogP contribution in [0.3, 0.4) is 0 Å². The Morgan fingerprint density at radius 2 is 2.10 bits per heavy atom. The fourth-order valence-corrected chi connectivity index (χ4v) is 2.56. The van der Waals surface area contributed by atoms with Gasteiger partial charge in [-0.1, -0.05) is 31.9 Å². The number of nitrogens with one attached hydrogen (secondary N) is 1. The highest BCUT2D eigenvalue weighted by Crippen LogP contribution is 2.41. The van der Waals surface area contributed by atoms with Gasteiger partial charge in [0.25, 0.3) is 0 Å². The number of benzene rings is 1. The van der Waals surface area contributed by atoms with Crippen LogP contribution in [0.2, 0.25) is 0 Å². The van der Waals surface area contributed by atoms with Gasteiger partial charge in [0.1, 0.15) is 12.2 Å². The minimum atomic E-state index is -0.111. The highest BCUT2D eigenvalue weighted by molar-refractivity contribution is 5.50. The van der Waals surface area contributed by atoms with Gasteiger partial charge in [0.05, 0.1) is 0 Å². The average Bonchev–Trinajstić information content (AvgIpc) is 2.72. The molecule has 2 rings (SSSR count). The molecule has 1 aromatic rings. The molecule has 112 valence electrons. The van der Waals surface area contributed by atoms with Crippen LogP contribution in [0.15, 0.2) is 18.2 Å². The van der Waals surface area contributed by atoms with E-state index in [1.165, 1.54) is 24.8 Å². The Morgan fingerprint density at radius 1 is 1.25 bits per heavy atom. The van der Waals surface area contributed by atoms with E-state index < -0.39 is 0 Å². The highest BCUT2D eigenvalue weighted by atomic mass is 16.5. The highest BCUT2D eigenvalue weighted by Gasteiger charge is 2.32. The summed E-state index contributed by atoms with van der Waals surface area (Å²) < 4.78 is 11.9. The van der Waals surface area contributed by atoms with Crippen molar-refractivity contribution in [1.29, 1.82) is 0 Å². The lowest BCUT2D eigenvalue weighted by molar-refractivity contribution is 0.132. The number of unbranched alkanes of at least 4 members (excludes halogenated alkanes) is 2. The van der Waals surface area contributed by atoms with E-state index in [9.17, 15) is 0 Å². The maximum absolute atomic E-state index is 5.99. The molecule has 0 bridgehead atoms. The van der Waals surface area contributed by atoms with Crippen LogP contribution >= 0.6 is 0 Å². The third-order valence-electron chi connectivity index (χ3n) is 3.55. The van der Waals surface area contributed by atoms with Crippen LogP contribution in [-0.2, 0) is 6.42 Å². The van der Waals surface area contributed by atoms with Crippen LogP contribution in [0, 0.1) is 0 Å². The van der Waals surface area contributed by atoms with Crippen molar-refractivity contribution in [3.63, 3.8) is 0 Å². The van der Waals surface area contributed by atoms with E-state index in [0.717, 1.165) is 31.0 Å². The summed E-state index contributed by atoms with van der Waals surface area (Å²) in [6.45, 7) is 9.11. The van der Waals surface area contributed by atoms with Gasteiger partial charge in [-0.25, -0.2) is 0 Å². The second kappa shape index (κ2) is 6.98. The predicted molar refractivity (Wildman–Crippen MR) is 82.7 cm³/mol. The molecule has 3 nitrogen and oxygen atoms in total. The van der Waals surface area contributed by atoms with Gasteiger partial charge in [0, 0.05) is 18.5 Å². The van der Waals surface area contributed by atoms with Crippen molar-refractivity contribution in [1.82, 2.24) is 5.32 Å². The van der Waals surface area contributed by atoms with Crippen LogP contribution in [0.4, 0.5) is 0 Å². The molecule has 0 unspecified atom stereocenters. The number of para-hydroxylation sites is 1. The summed E-state index contributed by atoms with van der Waals surface area (Å²) >= 11 is 0. The zero-order valence-electron chi connectivity index (χ0n) is 13.0. The van der Waals surface area contributed by atoms with E-state index in [1.54, 1.807) is 0 Å². The number of hydrogen-bond donors (Lipinski definition) is 1. The summed E-state index contributed by atoms with van der Waals surface area (Å²) in [4.78, 5) is 0. The maximum atomic E-state index is 5.99. The van der Waals surface area contributed by atoms with E-state index in [4.69, 9.17) is 9.47 Å². The van der Waals surface area contributed by atoms with Crippen molar-refractivity contribution < 1.29 is 9.47 Å². The lowest BCUT2D eigenvalue weighted by Crippen LogP contribution is -2.25. The van der Waals surface area contributed by atoms with Gasteiger partial charge >= 0.3 is 0 Å². The fourth-order valence-electron chi connectivity index (χ4n) is 2.56. The molecule has 0 amide bonds. The Balaban J connectivity index is 1.76. The molecule has 20 heavy (non-hydrogen) atoms. The summed E-state index contributed by atoms with van der Waals surface area (Å²) in [5.41, 5.74) is 1.14. The lowest BCUT2D eigenvalue weighted by atomic mass is 10.0.